The van der Waals surface area contributed by atoms with Gasteiger partial charge in [0.05, 0.1) is 11.1 Å². The third-order valence-electron chi connectivity index (χ3n) is 3.56. The van der Waals surface area contributed by atoms with E-state index in [1.165, 1.54) is 42.0 Å². The number of phenolic OH excluding ortho intramolecular Hbond substituents is 1. The number of benzene rings is 3. The number of hydrogen-bond donors (Lipinski definition) is 1. The summed E-state index contributed by atoms with van der Waals surface area (Å²) in [5.74, 6) is -1.55. The lowest BCUT2D eigenvalue weighted by atomic mass is 10.2. The molecular weight excluding hydrogens is 344 g/mol. The Hall–Kier alpha value is -3.60. The number of rotatable bonds is 3. The summed E-state index contributed by atoms with van der Waals surface area (Å²) >= 11 is 0. The minimum Gasteiger partial charge on any atom is -0.508 e. The van der Waals surface area contributed by atoms with E-state index in [1.807, 2.05) is 6.07 Å². The number of carbonyl (C=O) groups excluding carboxylic acids is 2. The van der Waals surface area contributed by atoms with Gasteiger partial charge in [0, 0.05) is 0 Å². The highest BCUT2D eigenvalue weighted by atomic mass is 17.2. The van der Waals surface area contributed by atoms with Gasteiger partial charge in [-0.2, -0.15) is 0 Å². The number of carbonyl (C=O) groups is 2. The molecule has 0 radical (unpaired) electrons. The average molecular weight is 364 g/mol. The predicted molar refractivity (Wildman–Crippen MR) is 101 cm³/mol. The molecule has 5 heteroatoms. The van der Waals surface area contributed by atoms with E-state index in [4.69, 9.17) is 5.11 Å². The molecule has 0 saturated carbocycles. The zero-order chi connectivity index (χ0) is 19.5. The van der Waals surface area contributed by atoms with E-state index in [2.05, 4.69) is 41.0 Å². The van der Waals surface area contributed by atoms with Crippen LogP contribution in [0.5, 0.6) is 5.75 Å². The summed E-state index contributed by atoms with van der Waals surface area (Å²) in [6, 6.07) is 24.0. The summed E-state index contributed by atoms with van der Waals surface area (Å²) < 4.78 is 0. The fraction of sp³-hybridized carbons (Fsp3) is 0.0909. The van der Waals surface area contributed by atoms with Crippen molar-refractivity contribution in [2.45, 2.75) is 13.3 Å². The van der Waals surface area contributed by atoms with Gasteiger partial charge in [-0.15, -0.1) is 0 Å². The van der Waals surface area contributed by atoms with Crippen molar-refractivity contribution in [3.8, 4) is 5.75 Å². The predicted octanol–water partition coefficient (Wildman–Crippen LogP) is 4.57. The molecule has 5 nitrogen and oxygen atoms in total. The Labute approximate surface area is 157 Å². The van der Waals surface area contributed by atoms with Crippen molar-refractivity contribution < 1.29 is 24.5 Å². The van der Waals surface area contributed by atoms with Crippen molar-refractivity contribution >= 4 is 11.9 Å². The van der Waals surface area contributed by atoms with E-state index in [0.717, 1.165) is 6.42 Å². The van der Waals surface area contributed by atoms with Gasteiger partial charge in [-0.3, -0.25) is 0 Å². The fourth-order valence-corrected chi connectivity index (χ4v) is 2.06. The second kappa shape index (κ2) is 10.4. The van der Waals surface area contributed by atoms with Gasteiger partial charge >= 0.3 is 11.9 Å². The fourth-order valence-electron chi connectivity index (χ4n) is 2.06. The van der Waals surface area contributed by atoms with E-state index in [0.29, 0.717) is 0 Å². The number of aryl methyl sites for hydroxylation is 1. The molecule has 3 aromatic rings. The molecule has 3 aromatic carbocycles. The van der Waals surface area contributed by atoms with Crippen molar-refractivity contribution in [1.29, 1.82) is 0 Å². The van der Waals surface area contributed by atoms with Crippen molar-refractivity contribution in [2.75, 3.05) is 0 Å². The quantitative estimate of drug-likeness (QED) is 0.544. The van der Waals surface area contributed by atoms with E-state index >= 15 is 0 Å². The minimum atomic E-state index is -0.815. The Morgan fingerprint density at radius 3 is 1.59 bits per heavy atom. The Balaban J connectivity index is 0.000000273. The molecule has 0 aliphatic rings. The second-order valence-electron chi connectivity index (χ2n) is 5.49. The van der Waals surface area contributed by atoms with Gasteiger partial charge in [-0.05, 0) is 48.4 Å². The topological polar surface area (TPSA) is 72.8 Å². The molecular formula is C22H20O5. The van der Waals surface area contributed by atoms with Crippen molar-refractivity contribution in [3.05, 3.63) is 102 Å². The number of aromatic hydroxyl groups is 1. The Morgan fingerprint density at radius 1 is 0.704 bits per heavy atom. The highest BCUT2D eigenvalue weighted by Crippen LogP contribution is 2.11. The monoisotopic (exact) mass is 364 g/mol. The molecule has 1 N–H and O–H groups in total. The van der Waals surface area contributed by atoms with E-state index in [9.17, 15) is 9.59 Å². The van der Waals surface area contributed by atoms with Crippen LogP contribution in [0.4, 0.5) is 0 Å². The molecule has 0 amide bonds. The zero-order valence-electron chi connectivity index (χ0n) is 14.9. The Morgan fingerprint density at radius 2 is 1.15 bits per heavy atom. The molecule has 0 fully saturated rings. The van der Waals surface area contributed by atoms with Crippen LogP contribution in [0.1, 0.15) is 33.2 Å². The normalized spacial score (nSPS) is 9.52. The zero-order valence-corrected chi connectivity index (χ0v) is 14.9. The summed E-state index contributed by atoms with van der Waals surface area (Å²) in [5.41, 5.74) is 1.85. The lowest BCUT2D eigenvalue weighted by molar-refractivity contribution is -0.187. The summed E-state index contributed by atoms with van der Waals surface area (Å²) in [6.45, 7) is 2.16. The molecule has 0 aliphatic carbocycles. The smallest absolute Gasteiger partial charge is 0.386 e. The molecule has 0 heterocycles. The number of hydrogen-bond acceptors (Lipinski definition) is 5. The van der Waals surface area contributed by atoms with E-state index < -0.39 is 11.9 Å². The summed E-state index contributed by atoms with van der Waals surface area (Å²) in [7, 11) is 0. The molecule has 0 aliphatic heterocycles. The van der Waals surface area contributed by atoms with E-state index in [-0.39, 0.29) is 16.9 Å². The molecule has 0 saturated heterocycles. The average Bonchev–Trinajstić information content (AvgIpc) is 2.74. The third-order valence-corrected chi connectivity index (χ3v) is 3.56. The van der Waals surface area contributed by atoms with Crippen LogP contribution in [-0.2, 0) is 16.2 Å². The molecule has 0 spiro atoms. The third kappa shape index (κ3) is 6.66. The molecule has 138 valence electrons. The first-order valence-corrected chi connectivity index (χ1v) is 8.41. The molecule has 0 aromatic heterocycles. The summed E-state index contributed by atoms with van der Waals surface area (Å²) in [5, 5.41) is 9.07. The van der Waals surface area contributed by atoms with E-state index in [1.54, 1.807) is 18.2 Å². The SMILES string of the molecule is CCc1ccccc1.O=C(OOC(=O)c1ccc(O)cc1)c1ccccc1. The van der Waals surface area contributed by atoms with Gasteiger partial charge < -0.3 is 5.11 Å². The van der Waals surface area contributed by atoms with Gasteiger partial charge in [0.25, 0.3) is 0 Å². The molecule has 0 atom stereocenters. The van der Waals surface area contributed by atoms with Gasteiger partial charge in [-0.1, -0.05) is 55.5 Å². The van der Waals surface area contributed by atoms with Crippen molar-refractivity contribution in [1.82, 2.24) is 0 Å². The van der Waals surface area contributed by atoms with Crippen LogP contribution in [0.3, 0.4) is 0 Å². The van der Waals surface area contributed by atoms with Crippen LogP contribution in [-0.4, -0.2) is 17.0 Å². The van der Waals surface area contributed by atoms with Crippen molar-refractivity contribution in [3.63, 3.8) is 0 Å². The maximum atomic E-state index is 11.5. The van der Waals surface area contributed by atoms with Gasteiger partial charge in [0.1, 0.15) is 5.75 Å². The molecule has 0 bridgehead atoms. The summed E-state index contributed by atoms with van der Waals surface area (Å²) in [4.78, 5) is 31.8. The van der Waals surface area contributed by atoms with Crippen LogP contribution in [0.15, 0.2) is 84.9 Å². The van der Waals surface area contributed by atoms with Crippen LogP contribution in [0, 0.1) is 0 Å². The highest BCUT2D eigenvalue weighted by Gasteiger charge is 2.13. The first kappa shape index (κ1) is 19.7. The Bertz CT molecular complexity index is 843. The lowest BCUT2D eigenvalue weighted by Crippen LogP contribution is -2.11. The van der Waals surface area contributed by atoms with Gasteiger partial charge in [0.2, 0.25) is 0 Å². The molecule has 27 heavy (non-hydrogen) atoms. The first-order valence-electron chi connectivity index (χ1n) is 8.41. The standard InChI is InChI=1S/C14H10O5.C8H10/c15-12-8-6-11(7-9-12)14(17)19-18-13(16)10-4-2-1-3-5-10;1-2-8-6-4-3-5-7-8/h1-9,15H;3-7H,2H2,1H3. The van der Waals surface area contributed by atoms with Crippen molar-refractivity contribution in [2.24, 2.45) is 0 Å². The van der Waals surface area contributed by atoms with Crippen LogP contribution in [0.25, 0.3) is 0 Å². The second-order valence-corrected chi connectivity index (χ2v) is 5.49. The van der Waals surface area contributed by atoms with Crippen LogP contribution < -0.4 is 0 Å². The largest absolute Gasteiger partial charge is 0.508 e. The number of phenols is 1. The maximum absolute atomic E-state index is 11.5. The minimum absolute atomic E-state index is 0.0258. The molecule has 0 unspecified atom stereocenters. The first-order chi connectivity index (χ1) is 13.1. The van der Waals surface area contributed by atoms with Crippen LogP contribution in [0.2, 0.25) is 0 Å². The maximum Gasteiger partial charge on any atom is 0.386 e. The highest BCUT2D eigenvalue weighted by molar-refractivity contribution is 5.92. The summed E-state index contributed by atoms with van der Waals surface area (Å²) in [6.07, 6.45) is 1.14. The van der Waals surface area contributed by atoms with Gasteiger partial charge in [0.15, 0.2) is 0 Å². The Kier molecular flexibility index (Phi) is 7.60. The molecule has 3 rings (SSSR count). The van der Waals surface area contributed by atoms with Gasteiger partial charge in [-0.25, -0.2) is 19.4 Å². The van der Waals surface area contributed by atoms with Crippen LogP contribution >= 0.6 is 0 Å². The lowest BCUT2D eigenvalue weighted by Gasteiger charge is -2.03.